The molecule has 1 aromatic heterocycles. The Hall–Kier alpha value is -1.28. The molecule has 1 nitrogen and oxygen atoms in total. The first-order valence-corrected chi connectivity index (χ1v) is 8.75. The molecule has 2 aliphatic heterocycles. The largest absolute Gasteiger partial charge is 0.371 e. The van der Waals surface area contributed by atoms with Gasteiger partial charge in [-0.2, -0.15) is 11.3 Å². The lowest BCUT2D eigenvalue weighted by Crippen LogP contribution is -2.35. The second-order valence-corrected chi connectivity index (χ2v) is 6.85. The average molecular weight is 283 g/mol. The normalized spacial score (nSPS) is 20.9. The fraction of sp³-hybridized carbons (Fsp3) is 0.444. The van der Waals surface area contributed by atoms with Crippen molar-refractivity contribution >= 4 is 17.0 Å². The van der Waals surface area contributed by atoms with Gasteiger partial charge in [-0.05, 0) is 82.8 Å². The Balaban J connectivity index is 1.90. The molecule has 20 heavy (non-hydrogen) atoms. The Morgan fingerprint density at radius 2 is 2.20 bits per heavy atom. The highest BCUT2D eigenvalue weighted by atomic mass is 32.1. The van der Waals surface area contributed by atoms with Crippen molar-refractivity contribution in [3.8, 4) is 11.1 Å². The monoisotopic (exact) mass is 283 g/mol. The van der Waals surface area contributed by atoms with E-state index in [2.05, 4.69) is 40.8 Å². The third-order valence-corrected chi connectivity index (χ3v) is 5.63. The van der Waals surface area contributed by atoms with Gasteiger partial charge in [0.1, 0.15) is 0 Å². The van der Waals surface area contributed by atoms with Gasteiger partial charge in [0.2, 0.25) is 0 Å². The maximum atomic E-state index is 2.64. The molecule has 0 fully saturated rings. The van der Waals surface area contributed by atoms with Gasteiger partial charge in [-0.15, -0.1) is 0 Å². The van der Waals surface area contributed by atoms with E-state index in [9.17, 15) is 0 Å². The highest BCUT2D eigenvalue weighted by Crippen LogP contribution is 2.44. The van der Waals surface area contributed by atoms with Crippen LogP contribution in [-0.2, 0) is 6.42 Å². The summed E-state index contributed by atoms with van der Waals surface area (Å²) in [6.45, 7) is 4.86. The first-order chi connectivity index (χ1) is 9.86. The molecule has 3 heterocycles. The van der Waals surface area contributed by atoms with Crippen LogP contribution in [0, 0.1) is 0 Å². The third kappa shape index (κ3) is 1.89. The summed E-state index contributed by atoms with van der Waals surface area (Å²) in [4.78, 5) is 2.64. The van der Waals surface area contributed by atoms with Crippen molar-refractivity contribution in [2.45, 2.75) is 38.5 Å². The van der Waals surface area contributed by atoms with E-state index in [-0.39, 0.29) is 0 Å². The standard InChI is InChI=1S/C18H21NS/c1-2-13-5-8-19-7-3-4-14-10-16(11-17(13)18(14)19)15-6-9-20-12-15/h6,9-13H,2-5,7-8H2,1H3. The van der Waals surface area contributed by atoms with Crippen molar-refractivity contribution in [2.24, 2.45) is 0 Å². The summed E-state index contributed by atoms with van der Waals surface area (Å²) in [7, 11) is 0. The summed E-state index contributed by atoms with van der Waals surface area (Å²) in [5, 5.41) is 4.46. The van der Waals surface area contributed by atoms with Crippen LogP contribution in [0.15, 0.2) is 29.0 Å². The van der Waals surface area contributed by atoms with E-state index in [0.29, 0.717) is 0 Å². The molecule has 0 saturated heterocycles. The minimum absolute atomic E-state index is 0.761. The summed E-state index contributed by atoms with van der Waals surface area (Å²) in [5.74, 6) is 0.761. The van der Waals surface area contributed by atoms with Crippen LogP contribution in [-0.4, -0.2) is 13.1 Å². The lowest BCUT2D eigenvalue weighted by atomic mass is 9.82. The maximum Gasteiger partial charge on any atom is 0.0434 e. The number of hydrogen-bond donors (Lipinski definition) is 0. The topological polar surface area (TPSA) is 3.24 Å². The van der Waals surface area contributed by atoms with Crippen molar-refractivity contribution in [1.29, 1.82) is 0 Å². The molecule has 0 radical (unpaired) electrons. The van der Waals surface area contributed by atoms with Crippen LogP contribution in [0.1, 0.15) is 43.2 Å². The first-order valence-electron chi connectivity index (χ1n) is 7.81. The maximum absolute atomic E-state index is 2.64. The third-order valence-electron chi connectivity index (χ3n) is 4.94. The van der Waals surface area contributed by atoms with Gasteiger partial charge in [-0.3, -0.25) is 0 Å². The number of nitrogens with zero attached hydrogens (tertiary/aromatic N) is 1. The van der Waals surface area contributed by atoms with E-state index in [1.54, 1.807) is 28.2 Å². The van der Waals surface area contributed by atoms with Crippen LogP contribution < -0.4 is 4.90 Å². The molecule has 4 rings (SSSR count). The van der Waals surface area contributed by atoms with Crippen LogP contribution >= 0.6 is 11.3 Å². The minimum atomic E-state index is 0.761. The zero-order valence-corrected chi connectivity index (χ0v) is 12.9. The van der Waals surface area contributed by atoms with Crippen molar-refractivity contribution in [2.75, 3.05) is 18.0 Å². The highest BCUT2D eigenvalue weighted by molar-refractivity contribution is 7.08. The predicted octanol–water partition coefficient (Wildman–Crippen LogP) is 5.07. The first kappa shape index (κ1) is 12.5. The smallest absolute Gasteiger partial charge is 0.0434 e. The van der Waals surface area contributed by atoms with Gasteiger partial charge in [0.05, 0.1) is 0 Å². The molecule has 2 heteroatoms. The molecule has 1 aromatic carbocycles. The van der Waals surface area contributed by atoms with E-state index in [0.717, 1.165) is 5.92 Å². The highest BCUT2D eigenvalue weighted by Gasteiger charge is 2.29. The second-order valence-electron chi connectivity index (χ2n) is 6.07. The van der Waals surface area contributed by atoms with Crippen molar-refractivity contribution in [3.05, 3.63) is 40.1 Å². The zero-order chi connectivity index (χ0) is 13.5. The molecule has 0 aliphatic carbocycles. The molecular weight excluding hydrogens is 262 g/mol. The van der Waals surface area contributed by atoms with E-state index in [1.165, 1.54) is 49.9 Å². The van der Waals surface area contributed by atoms with Crippen molar-refractivity contribution in [3.63, 3.8) is 0 Å². The predicted molar refractivity (Wildman–Crippen MR) is 87.9 cm³/mol. The molecule has 0 amide bonds. The fourth-order valence-corrected chi connectivity index (χ4v) is 4.55. The lowest BCUT2D eigenvalue weighted by molar-refractivity contribution is 0.542. The number of thiophene rings is 1. The molecule has 1 unspecified atom stereocenters. The van der Waals surface area contributed by atoms with Gasteiger partial charge < -0.3 is 4.90 Å². The van der Waals surface area contributed by atoms with Crippen LogP contribution in [0.5, 0.6) is 0 Å². The molecule has 1 atom stereocenters. The quantitative estimate of drug-likeness (QED) is 0.744. The summed E-state index contributed by atoms with van der Waals surface area (Å²) < 4.78 is 0. The van der Waals surface area contributed by atoms with E-state index >= 15 is 0 Å². The van der Waals surface area contributed by atoms with E-state index < -0.39 is 0 Å². The van der Waals surface area contributed by atoms with Crippen molar-refractivity contribution in [1.82, 2.24) is 0 Å². The van der Waals surface area contributed by atoms with Gasteiger partial charge in [-0.1, -0.05) is 6.92 Å². The van der Waals surface area contributed by atoms with E-state index in [1.807, 2.05) is 0 Å². The van der Waals surface area contributed by atoms with Crippen molar-refractivity contribution < 1.29 is 0 Å². The van der Waals surface area contributed by atoms with Crippen LogP contribution in [0.2, 0.25) is 0 Å². The van der Waals surface area contributed by atoms with E-state index in [4.69, 9.17) is 0 Å². The number of aryl methyl sites for hydroxylation is 1. The van der Waals surface area contributed by atoms with Crippen LogP contribution in [0.3, 0.4) is 0 Å². The number of rotatable bonds is 2. The Kier molecular flexibility index (Phi) is 3.07. The minimum Gasteiger partial charge on any atom is -0.371 e. The number of anilines is 1. The fourth-order valence-electron chi connectivity index (χ4n) is 3.89. The summed E-state index contributed by atoms with van der Waals surface area (Å²) in [6, 6.07) is 7.18. The molecule has 0 N–H and O–H groups in total. The van der Waals surface area contributed by atoms with Gasteiger partial charge in [0.15, 0.2) is 0 Å². The second kappa shape index (κ2) is 4.92. The summed E-state index contributed by atoms with van der Waals surface area (Å²) in [5.41, 5.74) is 7.63. The molecule has 104 valence electrons. The molecule has 0 saturated carbocycles. The van der Waals surface area contributed by atoms with Crippen LogP contribution in [0.4, 0.5) is 5.69 Å². The number of hydrogen-bond acceptors (Lipinski definition) is 2. The molecule has 0 spiro atoms. The Labute approximate surface area is 125 Å². The van der Waals surface area contributed by atoms with Gasteiger partial charge in [-0.25, -0.2) is 0 Å². The lowest BCUT2D eigenvalue weighted by Gasteiger charge is -2.40. The Morgan fingerprint density at radius 3 is 3.00 bits per heavy atom. The Bertz CT molecular complexity index is 615. The molecule has 2 aromatic rings. The van der Waals surface area contributed by atoms with Gasteiger partial charge >= 0.3 is 0 Å². The molecule has 2 aliphatic rings. The van der Waals surface area contributed by atoms with Gasteiger partial charge in [0, 0.05) is 18.8 Å². The molecule has 0 bridgehead atoms. The molecular formula is C18H21NS. The average Bonchev–Trinajstić information content (AvgIpc) is 3.02. The summed E-state index contributed by atoms with van der Waals surface area (Å²) >= 11 is 1.80. The SMILES string of the molecule is CCC1CCN2CCCc3cc(-c4ccsc4)cc1c32. The van der Waals surface area contributed by atoms with Gasteiger partial charge in [0.25, 0.3) is 0 Å². The Morgan fingerprint density at radius 1 is 1.25 bits per heavy atom. The zero-order valence-electron chi connectivity index (χ0n) is 12.1. The number of benzene rings is 1. The summed E-state index contributed by atoms with van der Waals surface area (Å²) in [6.07, 6.45) is 5.17. The van der Waals surface area contributed by atoms with Crippen LogP contribution in [0.25, 0.3) is 11.1 Å².